The Kier molecular flexibility index (Phi) is 3.76. The lowest BCUT2D eigenvalue weighted by atomic mass is 10.3. The second kappa shape index (κ2) is 4.85. The molecule has 0 spiro atoms. The fourth-order valence-electron chi connectivity index (χ4n) is 0.950. The quantitative estimate of drug-likeness (QED) is 0.611. The van der Waals surface area contributed by atoms with Crippen molar-refractivity contribution < 1.29 is 14.6 Å². The van der Waals surface area contributed by atoms with E-state index >= 15 is 0 Å². The second-order valence-corrected chi connectivity index (χ2v) is 3.77. The molecule has 1 heterocycles. The molecule has 0 bridgehead atoms. The molecular formula is C9H11NO3S. The fourth-order valence-corrected chi connectivity index (χ4v) is 1.74. The summed E-state index contributed by atoms with van der Waals surface area (Å²) >= 11 is 1.44. The Morgan fingerprint density at radius 1 is 1.71 bits per heavy atom. The van der Waals surface area contributed by atoms with E-state index in [0.29, 0.717) is 4.90 Å². The zero-order valence-corrected chi connectivity index (χ0v) is 8.80. The number of hydrogen-bond donors (Lipinski definition) is 1. The molecule has 5 heteroatoms. The largest absolute Gasteiger partial charge is 0.506 e. The molecule has 0 radical (unpaired) electrons. The van der Waals surface area contributed by atoms with Crippen LogP contribution in [0.4, 0.5) is 0 Å². The molecule has 1 aromatic heterocycles. The molecule has 0 atom stereocenters. The van der Waals surface area contributed by atoms with Crippen molar-refractivity contribution in [3.05, 3.63) is 18.0 Å². The lowest BCUT2D eigenvalue weighted by Gasteiger charge is -2.05. The topological polar surface area (TPSA) is 59.4 Å². The Labute approximate surface area is 86.3 Å². The van der Waals surface area contributed by atoms with Crippen LogP contribution in [0, 0.1) is 0 Å². The maximum absolute atomic E-state index is 11.2. The predicted molar refractivity (Wildman–Crippen MR) is 53.6 cm³/mol. The molecule has 1 aromatic rings. The van der Waals surface area contributed by atoms with Gasteiger partial charge in [0.15, 0.2) is 5.69 Å². The smallest absolute Gasteiger partial charge is 0.357 e. The highest BCUT2D eigenvalue weighted by Gasteiger charge is 2.13. The van der Waals surface area contributed by atoms with Crippen LogP contribution in [0.15, 0.2) is 17.2 Å². The van der Waals surface area contributed by atoms with Gasteiger partial charge in [-0.25, -0.2) is 9.78 Å². The van der Waals surface area contributed by atoms with E-state index in [4.69, 9.17) is 0 Å². The van der Waals surface area contributed by atoms with Crippen LogP contribution in [0.5, 0.6) is 5.75 Å². The van der Waals surface area contributed by atoms with Crippen LogP contribution in [0.2, 0.25) is 0 Å². The highest BCUT2D eigenvalue weighted by Crippen LogP contribution is 2.25. The Balaban J connectivity index is 3.07. The number of esters is 1. The first kappa shape index (κ1) is 10.8. The lowest BCUT2D eigenvalue weighted by Crippen LogP contribution is -2.05. The number of nitrogens with zero attached hydrogens (tertiary/aromatic N) is 1. The fraction of sp³-hybridized carbons (Fsp3) is 0.333. The number of carbonyl (C=O) groups is 1. The third kappa shape index (κ3) is 2.38. The number of aromatic hydroxyl groups is 1. The van der Waals surface area contributed by atoms with Crippen molar-refractivity contribution in [1.82, 2.24) is 4.98 Å². The van der Waals surface area contributed by atoms with Crippen LogP contribution < -0.4 is 0 Å². The maximum atomic E-state index is 11.2. The Hall–Kier alpha value is -1.23. The van der Waals surface area contributed by atoms with E-state index in [-0.39, 0.29) is 11.4 Å². The number of rotatable bonds is 3. The summed E-state index contributed by atoms with van der Waals surface area (Å²) in [5.74, 6) is 0.365. The Morgan fingerprint density at radius 2 is 2.43 bits per heavy atom. The van der Waals surface area contributed by atoms with Gasteiger partial charge >= 0.3 is 5.97 Å². The minimum atomic E-state index is -0.485. The highest BCUT2D eigenvalue weighted by atomic mass is 32.2. The monoisotopic (exact) mass is 213 g/mol. The number of pyridine rings is 1. The molecule has 0 unspecified atom stereocenters. The molecule has 0 aliphatic carbocycles. The standard InChI is InChI=1S/C9H11NO3S/c1-3-14-7-4-6(11)5-10-8(7)9(12)13-2/h4-5,11H,3H2,1-2H3. The molecule has 14 heavy (non-hydrogen) atoms. The normalized spacial score (nSPS) is 9.86. The van der Waals surface area contributed by atoms with E-state index in [0.717, 1.165) is 5.75 Å². The molecule has 0 amide bonds. The summed E-state index contributed by atoms with van der Waals surface area (Å²) in [5.41, 5.74) is 0.247. The molecule has 0 aliphatic heterocycles. The zero-order chi connectivity index (χ0) is 10.6. The molecule has 76 valence electrons. The Morgan fingerprint density at radius 3 is 3.00 bits per heavy atom. The second-order valence-electron chi connectivity index (χ2n) is 2.46. The van der Waals surface area contributed by atoms with Crippen LogP contribution in [-0.4, -0.2) is 28.9 Å². The van der Waals surface area contributed by atoms with Gasteiger partial charge in [0.05, 0.1) is 13.3 Å². The zero-order valence-electron chi connectivity index (χ0n) is 7.98. The first-order valence-corrected chi connectivity index (χ1v) is 5.07. The predicted octanol–water partition coefficient (Wildman–Crippen LogP) is 1.69. The SMILES string of the molecule is CCSc1cc(O)cnc1C(=O)OC. The molecule has 0 saturated heterocycles. The van der Waals surface area contributed by atoms with Crippen LogP contribution in [0.25, 0.3) is 0 Å². The Bertz CT molecular complexity index is 341. The van der Waals surface area contributed by atoms with Gasteiger partial charge in [0.1, 0.15) is 5.75 Å². The lowest BCUT2D eigenvalue weighted by molar-refractivity contribution is 0.0589. The van der Waals surface area contributed by atoms with E-state index in [1.165, 1.54) is 31.1 Å². The summed E-state index contributed by atoms with van der Waals surface area (Å²) in [7, 11) is 1.30. The van der Waals surface area contributed by atoms with Gasteiger partial charge in [-0.05, 0) is 11.8 Å². The highest BCUT2D eigenvalue weighted by molar-refractivity contribution is 7.99. The number of carbonyl (C=O) groups excluding carboxylic acids is 1. The van der Waals surface area contributed by atoms with Gasteiger partial charge < -0.3 is 9.84 Å². The van der Waals surface area contributed by atoms with Crippen molar-refractivity contribution >= 4 is 17.7 Å². The summed E-state index contributed by atoms with van der Waals surface area (Å²) in [4.78, 5) is 15.7. The van der Waals surface area contributed by atoms with Crippen LogP contribution in [0.3, 0.4) is 0 Å². The van der Waals surface area contributed by atoms with E-state index in [2.05, 4.69) is 9.72 Å². The van der Waals surface area contributed by atoms with Crippen LogP contribution >= 0.6 is 11.8 Å². The first-order valence-electron chi connectivity index (χ1n) is 4.09. The average molecular weight is 213 g/mol. The molecule has 0 saturated carbocycles. The van der Waals surface area contributed by atoms with Gasteiger partial charge in [-0.2, -0.15) is 0 Å². The summed E-state index contributed by atoms with van der Waals surface area (Å²) in [5, 5.41) is 9.19. The molecule has 1 rings (SSSR count). The number of methoxy groups -OCH3 is 1. The van der Waals surface area contributed by atoms with Crippen molar-refractivity contribution in [1.29, 1.82) is 0 Å². The minimum Gasteiger partial charge on any atom is -0.506 e. The van der Waals surface area contributed by atoms with Gasteiger partial charge in [0, 0.05) is 4.90 Å². The summed E-state index contributed by atoms with van der Waals surface area (Å²) < 4.78 is 4.57. The van der Waals surface area contributed by atoms with Gasteiger partial charge in [-0.15, -0.1) is 11.8 Å². The van der Waals surface area contributed by atoms with Crippen LogP contribution in [-0.2, 0) is 4.74 Å². The summed E-state index contributed by atoms with van der Waals surface area (Å²) in [6.07, 6.45) is 1.23. The van der Waals surface area contributed by atoms with Crippen molar-refractivity contribution in [2.45, 2.75) is 11.8 Å². The van der Waals surface area contributed by atoms with Gasteiger partial charge in [0.25, 0.3) is 0 Å². The van der Waals surface area contributed by atoms with E-state index in [9.17, 15) is 9.90 Å². The molecule has 0 aliphatic rings. The van der Waals surface area contributed by atoms with E-state index in [1.54, 1.807) is 0 Å². The maximum Gasteiger partial charge on any atom is 0.357 e. The van der Waals surface area contributed by atoms with Gasteiger partial charge in [-0.1, -0.05) is 6.92 Å². The molecule has 4 nitrogen and oxygen atoms in total. The number of aromatic nitrogens is 1. The molecule has 0 aromatic carbocycles. The number of hydrogen-bond acceptors (Lipinski definition) is 5. The average Bonchev–Trinajstić information content (AvgIpc) is 2.17. The third-order valence-electron chi connectivity index (χ3n) is 1.52. The minimum absolute atomic E-state index is 0.0496. The molecular weight excluding hydrogens is 202 g/mol. The van der Waals surface area contributed by atoms with Crippen molar-refractivity contribution in [2.24, 2.45) is 0 Å². The summed E-state index contributed by atoms with van der Waals surface area (Å²) in [6, 6.07) is 1.51. The van der Waals surface area contributed by atoms with Crippen LogP contribution in [0.1, 0.15) is 17.4 Å². The number of ether oxygens (including phenoxy) is 1. The van der Waals surface area contributed by atoms with Gasteiger partial charge in [-0.3, -0.25) is 0 Å². The molecule has 0 fully saturated rings. The van der Waals surface area contributed by atoms with E-state index < -0.39 is 5.97 Å². The number of thioether (sulfide) groups is 1. The van der Waals surface area contributed by atoms with E-state index in [1.807, 2.05) is 6.92 Å². The van der Waals surface area contributed by atoms with Crippen molar-refractivity contribution in [3.8, 4) is 5.75 Å². The molecule has 1 N–H and O–H groups in total. The van der Waals surface area contributed by atoms with Crippen molar-refractivity contribution in [3.63, 3.8) is 0 Å². The third-order valence-corrected chi connectivity index (χ3v) is 2.43. The first-order chi connectivity index (χ1) is 6.69. The van der Waals surface area contributed by atoms with Gasteiger partial charge in [0.2, 0.25) is 0 Å². The van der Waals surface area contributed by atoms with Crippen molar-refractivity contribution in [2.75, 3.05) is 12.9 Å². The summed E-state index contributed by atoms with van der Waals surface area (Å²) in [6.45, 7) is 1.95.